The summed E-state index contributed by atoms with van der Waals surface area (Å²) < 4.78 is 5.43. The number of carbonyl (C=O) groups is 1. The topological polar surface area (TPSA) is 71.1 Å². The second-order valence-electron chi connectivity index (χ2n) is 5.29. The molecule has 0 bridgehead atoms. The molecule has 6 heteroatoms. The van der Waals surface area contributed by atoms with Crippen LogP contribution >= 0.6 is 0 Å². The zero-order valence-electron chi connectivity index (χ0n) is 12.2. The highest BCUT2D eigenvalue weighted by Gasteiger charge is 2.25. The molecule has 1 aromatic rings. The van der Waals surface area contributed by atoms with Crippen molar-refractivity contribution in [2.24, 2.45) is 0 Å². The maximum atomic E-state index is 12.0. The number of nitrogens with zero attached hydrogens (tertiary/aromatic N) is 3. The molecule has 1 amide bonds. The van der Waals surface area contributed by atoms with E-state index in [4.69, 9.17) is 4.74 Å². The van der Waals surface area contributed by atoms with Crippen molar-refractivity contribution in [3.8, 4) is 0 Å². The largest absolute Gasteiger partial charge is 0.372 e. The van der Waals surface area contributed by atoms with Gasteiger partial charge in [-0.3, -0.25) is 9.89 Å². The van der Waals surface area contributed by atoms with Crippen LogP contribution in [0.4, 0.5) is 0 Å². The fraction of sp³-hybridized carbons (Fsp3) is 0.786. The molecule has 112 valence electrons. The highest BCUT2D eigenvalue weighted by Crippen LogP contribution is 2.24. The Balaban J connectivity index is 1.64. The van der Waals surface area contributed by atoms with E-state index in [1.165, 1.54) is 12.7 Å². The standard InChI is InChI=1S/C14H24N4O2/c1-2-3-4-9-20-10-13(19)18-7-5-12(6-8-18)14-15-11-16-17-14/h11-12H,2-10H2,1H3,(H,15,16,17). The molecule has 1 aromatic heterocycles. The third-order valence-electron chi connectivity index (χ3n) is 3.79. The maximum Gasteiger partial charge on any atom is 0.248 e. The first-order chi connectivity index (χ1) is 9.81. The number of likely N-dealkylation sites (tertiary alicyclic amines) is 1. The van der Waals surface area contributed by atoms with E-state index in [0.717, 1.165) is 44.6 Å². The molecule has 1 N–H and O–H groups in total. The monoisotopic (exact) mass is 280 g/mol. The van der Waals surface area contributed by atoms with Crippen molar-refractivity contribution in [1.29, 1.82) is 0 Å². The molecule has 2 rings (SSSR count). The van der Waals surface area contributed by atoms with Gasteiger partial charge in [-0.15, -0.1) is 0 Å². The van der Waals surface area contributed by atoms with Crippen molar-refractivity contribution in [3.63, 3.8) is 0 Å². The summed E-state index contributed by atoms with van der Waals surface area (Å²) in [6.07, 6.45) is 6.80. The van der Waals surface area contributed by atoms with Gasteiger partial charge in [0.2, 0.25) is 5.91 Å². The Bertz CT molecular complexity index is 386. The number of nitrogens with one attached hydrogen (secondary N) is 1. The summed E-state index contributed by atoms with van der Waals surface area (Å²) in [6.45, 7) is 4.62. The Morgan fingerprint density at radius 3 is 2.90 bits per heavy atom. The van der Waals surface area contributed by atoms with Crippen molar-refractivity contribution >= 4 is 5.91 Å². The Kier molecular flexibility index (Phi) is 5.98. The molecule has 1 aliphatic rings. The molecule has 0 unspecified atom stereocenters. The Labute approximate surface area is 119 Å². The van der Waals surface area contributed by atoms with Crippen LogP contribution < -0.4 is 0 Å². The molecular formula is C14H24N4O2. The van der Waals surface area contributed by atoms with Crippen LogP contribution in [0, 0.1) is 0 Å². The number of aromatic nitrogens is 3. The molecule has 0 aliphatic carbocycles. The van der Waals surface area contributed by atoms with Gasteiger partial charge in [0, 0.05) is 25.6 Å². The number of ether oxygens (including phenoxy) is 1. The molecule has 2 heterocycles. The number of aromatic amines is 1. The van der Waals surface area contributed by atoms with Crippen LogP contribution in [0.25, 0.3) is 0 Å². The van der Waals surface area contributed by atoms with E-state index >= 15 is 0 Å². The van der Waals surface area contributed by atoms with E-state index in [1.54, 1.807) is 0 Å². The van der Waals surface area contributed by atoms with Gasteiger partial charge in [-0.05, 0) is 19.3 Å². The number of hydrogen-bond acceptors (Lipinski definition) is 4. The smallest absolute Gasteiger partial charge is 0.248 e. The average Bonchev–Trinajstić information content (AvgIpc) is 3.01. The molecule has 0 aromatic carbocycles. The van der Waals surface area contributed by atoms with Gasteiger partial charge >= 0.3 is 0 Å². The lowest BCUT2D eigenvalue weighted by atomic mass is 9.96. The van der Waals surface area contributed by atoms with Gasteiger partial charge in [-0.2, -0.15) is 5.10 Å². The minimum absolute atomic E-state index is 0.109. The zero-order chi connectivity index (χ0) is 14.2. The normalized spacial score (nSPS) is 16.6. The fourth-order valence-corrected chi connectivity index (χ4v) is 2.52. The summed E-state index contributed by atoms with van der Waals surface area (Å²) in [4.78, 5) is 18.1. The van der Waals surface area contributed by atoms with Gasteiger partial charge < -0.3 is 9.64 Å². The van der Waals surface area contributed by atoms with Gasteiger partial charge in [0.25, 0.3) is 0 Å². The van der Waals surface area contributed by atoms with Crippen molar-refractivity contribution < 1.29 is 9.53 Å². The molecular weight excluding hydrogens is 256 g/mol. The maximum absolute atomic E-state index is 12.0. The van der Waals surface area contributed by atoms with Gasteiger partial charge in [0.15, 0.2) is 0 Å². The first-order valence-electron chi connectivity index (χ1n) is 7.52. The lowest BCUT2D eigenvalue weighted by molar-refractivity contribution is -0.137. The van der Waals surface area contributed by atoms with Gasteiger partial charge in [-0.1, -0.05) is 19.8 Å². The van der Waals surface area contributed by atoms with Crippen molar-refractivity contribution in [2.45, 2.75) is 44.9 Å². The number of piperidine rings is 1. The van der Waals surface area contributed by atoms with Crippen molar-refractivity contribution in [2.75, 3.05) is 26.3 Å². The van der Waals surface area contributed by atoms with Crippen LogP contribution in [0.1, 0.15) is 50.8 Å². The molecule has 1 fully saturated rings. The summed E-state index contributed by atoms with van der Waals surface area (Å²) in [7, 11) is 0. The minimum atomic E-state index is 0.109. The highest BCUT2D eigenvalue weighted by molar-refractivity contribution is 5.77. The molecule has 1 saturated heterocycles. The van der Waals surface area contributed by atoms with Gasteiger partial charge in [0.1, 0.15) is 18.8 Å². The molecule has 1 aliphatic heterocycles. The van der Waals surface area contributed by atoms with E-state index in [9.17, 15) is 4.79 Å². The summed E-state index contributed by atoms with van der Waals surface area (Å²) in [5, 5.41) is 6.80. The third kappa shape index (κ3) is 4.30. The minimum Gasteiger partial charge on any atom is -0.372 e. The summed E-state index contributed by atoms with van der Waals surface area (Å²) >= 11 is 0. The number of unbranched alkanes of at least 4 members (excludes halogenated alkanes) is 2. The number of amides is 1. The van der Waals surface area contributed by atoms with Crippen LogP contribution in [0.3, 0.4) is 0 Å². The van der Waals surface area contributed by atoms with Crippen LogP contribution in [-0.4, -0.2) is 52.3 Å². The first-order valence-corrected chi connectivity index (χ1v) is 7.52. The number of rotatable bonds is 7. The molecule has 0 saturated carbocycles. The SMILES string of the molecule is CCCCCOCC(=O)N1CCC(c2ncn[nH]2)CC1. The summed E-state index contributed by atoms with van der Waals surface area (Å²) in [6, 6.07) is 0. The Morgan fingerprint density at radius 1 is 1.45 bits per heavy atom. The predicted molar refractivity (Wildman–Crippen MR) is 75.3 cm³/mol. The number of H-pyrrole nitrogens is 1. The Hall–Kier alpha value is -1.43. The predicted octanol–water partition coefficient (Wildman–Crippen LogP) is 1.72. The van der Waals surface area contributed by atoms with Gasteiger partial charge in [0.05, 0.1) is 0 Å². The average molecular weight is 280 g/mol. The quantitative estimate of drug-likeness (QED) is 0.772. The lowest BCUT2D eigenvalue weighted by Crippen LogP contribution is -2.40. The van der Waals surface area contributed by atoms with E-state index in [2.05, 4.69) is 22.1 Å². The molecule has 0 atom stereocenters. The van der Waals surface area contributed by atoms with Crippen LogP contribution in [0.2, 0.25) is 0 Å². The summed E-state index contributed by atoms with van der Waals surface area (Å²) in [5.41, 5.74) is 0. The molecule has 0 spiro atoms. The second kappa shape index (κ2) is 7.99. The second-order valence-corrected chi connectivity index (χ2v) is 5.29. The van der Waals surface area contributed by atoms with Crippen LogP contribution in [0.15, 0.2) is 6.33 Å². The van der Waals surface area contributed by atoms with Crippen molar-refractivity contribution in [3.05, 3.63) is 12.2 Å². The van der Waals surface area contributed by atoms with Crippen molar-refractivity contribution in [1.82, 2.24) is 20.1 Å². The first kappa shape index (κ1) is 15.0. The zero-order valence-corrected chi connectivity index (χ0v) is 12.2. The molecule has 6 nitrogen and oxygen atoms in total. The van der Waals surface area contributed by atoms with Crippen LogP contribution in [0.5, 0.6) is 0 Å². The third-order valence-corrected chi connectivity index (χ3v) is 3.79. The van der Waals surface area contributed by atoms with E-state index < -0.39 is 0 Å². The number of carbonyl (C=O) groups excluding carboxylic acids is 1. The fourth-order valence-electron chi connectivity index (χ4n) is 2.52. The van der Waals surface area contributed by atoms with E-state index in [0.29, 0.717) is 12.5 Å². The Morgan fingerprint density at radius 2 is 2.25 bits per heavy atom. The van der Waals surface area contributed by atoms with E-state index in [1.807, 2.05) is 4.90 Å². The molecule has 20 heavy (non-hydrogen) atoms. The van der Waals surface area contributed by atoms with E-state index in [-0.39, 0.29) is 12.5 Å². The van der Waals surface area contributed by atoms with Crippen LogP contribution in [-0.2, 0) is 9.53 Å². The number of hydrogen-bond donors (Lipinski definition) is 1. The molecule has 0 radical (unpaired) electrons. The lowest BCUT2D eigenvalue weighted by Gasteiger charge is -2.30. The van der Waals surface area contributed by atoms with Gasteiger partial charge in [-0.25, -0.2) is 4.98 Å². The summed E-state index contributed by atoms with van der Waals surface area (Å²) in [5.74, 6) is 1.44. The highest BCUT2D eigenvalue weighted by atomic mass is 16.5.